The quantitative estimate of drug-likeness (QED) is 0.693. The maximum Gasteiger partial charge on any atom is 0.248 e. The largest absolute Gasteiger partial charge is 0.392 e. The average molecular weight is 351 g/mol. The van der Waals surface area contributed by atoms with E-state index in [9.17, 15) is 14.3 Å². The van der Waals surface area contributed by atoms with Gasteiger partial charge in [0, 0.05) is 35.5 Å². The summed E-state index contributed by atoms with van der Waals surface area (Å²) < 4.78 is 14.8. The van der Waals surface area contributed by atoms with Crippen molar-refractivity contribution in [2.24, 2.45) is 7.05 Å². The molecular formula is C20H18FN3O2. The average Bonchev–Trinajstić information content (AvgIpc) is 3.02. The molecule has 0 saturated heterocycles. The molecule has 2 aromatic carbocycles. The molecule has 0 aliphatic rings. The number of amides is 1. The van der Waals surface area contributed by atoms with Crippen LogP contribution in [0.4, 0.5) is 10.1 Å². The normalized spacial score (nSPS) is 11.0. The van der Waals surface area contributed by atoms with Crippen LogP contribution < -0.4 is 5.32 Å². The fourth-order valence-electron chi connectivity index (χ4n) is 2.66. The van der Waals surface area contributed by atoms with Gasteiger partial charge in [-0.25, -0.2) is 4.39 Å². The molecule has 1 aromatic heterocycles. The van der Waals surface area contributed by atoms with Crippen molar-refractivity contribution in [3.8, 4) is 11.3 Å². The van der Waals surface area contributed by atoms with Crippen molar-refractivity contribution in [3.05, 3.63) is 77.7 Å². The van der Waals surface area contributed by atoms with E-state index < -0.39 is 0 Å². The first-order valence-electron chi connectivity index (χ1n) is 8.04. The van der Waals surface area contributed by atoms with Gasteiger partial charge >= 0.3 is 0 Å². The van der Waals surface area contributed by atoms with Gasteiger partial charge in [0.15, 0.2) is 0 Å². The summed E-state index contributed by atoms with van der Waals surface area (Å²) in [6.07, 6.45) is 4.70. The number of carbonyl (C=O) groups excluding carboxylic acids is 1. The molecule has 5 nitrogen and oxygen atoms in total. The van der Waals surface area contributed by atoms with Gasteiger partial charge in [0.2, 0.25) is 5.91 Å². The van der Waals surface area contributed by atoms with E-state index in [0.29, 0.717) is 11.3 Å². The second kappa shape index (κ2) is 7.76. The predicted molar refractivity (Wildman–Crippen MR) is 98.6 cm³/mol. The highest BCUT2D eigenvalue weighted by molar-refractivity contribution is 6.02. The van der Waals surface area contributed by atoms with Gasteiger partial charge in [0.25, 0.3) is 0 Å². The topological polar surface area (TPSA) is 67.2 Å². The van der Waals surface area contributed by atoms with E-state index in [2.05, 4.69) is 10.4 Å². The number of anilines is 1. The maximum absolute atomic E-state index is 13.1. The summed E-state index contributed by atoms with van der Waals surface area (Å²) in [4.78, 5) is 12.2. The number of halogens is 1. The van der Waals surface area contributed by atoms with Crippen LogP contribution >= 0.6 is 0 Å². The minimum atomic E-state index is -0.320. The molecule has 1 heterocycles. The van der Waals surface area contributed by atoms with Crippen LogP contribution in [0.3, 0.4) is 0 Å². The Bertz CT molecular complexity index is 946. The monoisotopic (exact) mass is 351 g/mol. The van der Waals surface area contributed by atoms with Crippen LogP contribution in [0.15, 0.2) is 60.8 Å². The third-order valence-corrected chi connectivity index (χ3v) is 3.94. The standard InChI is InChI=1S/C20H18FN3O2/c1-24-20(14-6-9-17(21)10-7-14)15(12-22-24)8-11-19(26)23-18-5-3-2-4-16(18)13-25/h2-12,25H,13H2,1H3,(H,23,26). The highest BCUT2D eigenvalue weighted by Gasteiger charge is 2.10. The number of rotatable bonds is 5. The lowest BCUT2D eigenvalue weighted by molar-refractivity contribution is -0.111. The lowest BCUT2D eigenvalue weighted by atomic mass is 10.1. The molecule has 132 valence electrons. The molecule has 0 bridgehead atoms. The highest BCUT2D eigenvalue weighted by atomic mass is 19.1. The number of nitrogens with one attached hydrogen (secondary N) is 1. The summed E-state index contributed by atoms with van der Waals surface area (Å²) in [6, 6.07) is 13.2. The Kier molecular flexibility index (Phi) is 5.24. The van der Waals surface area contributed by atoms with E-state index in [1.165, 1.54) is 18.2 Å². The minimum Gasteiger partial charge on any atom is -0.392 e. The van der Waals surface area contributed by atoms with Crippen LogP contribution in [0.1, 0.15) is 11.1 Å². The van der Waals surface area contributed by atoms with Crippen molar-refractivity contribution in [3.63, 3.8) is 0 Å². The van der Waals surface area contributed by atoms with Gasteiger partial charge in [0.05, 0.1) is 18.5 Å². The smallest absolute Gasteiger partial charge is 0.248 e. The molecule has 1 amide bonds. The molecule has 3 rings (SSSR count). The van der Waals surface area contributed by atoms with Crippen molar-refractivity contribution < 1.29 is 14.3 Å². The van der Waals surface area contributed by atoms with E-state index in [-0.39, 0.29) is 18.3 Å². The fourth-order valence-corrected chi connectivity index (χ4v) is 2.66. The molecule has 26 heavy (non-hydrogen) atoms. The Morgan fingerprint density at radius 1 is 1.23 bits per heavy atom. The summed E-state index contributed by atoms with van der Waals surface area (Å²) in [5, 5.41) is 16.3. The number of aliphatic hydroxyl groups is 1. The Morgan fingerprint density at radius 3 is 2.69 bits per heavy atom. The van der Waals surface area contributed by atoms with Gasteiger partial charge in [0.1, 0.15) is 5.82 Å². The zero-order chi connectivity index (χ0) is 18.5. The second-order valence-corrected chi connectivity index (χ2v) is 5.72. The van der Waals surface area contributed by atoms with Gasteiger partial charge in [-0.3, -0.25) is 9.48 Å². The molecule has 6 heteroatoms. The fraction of sp³-hybridized carbons (Fsp3) is 0.100. The lowest BCUT2D eigenvalue weighted by Gasteiger charge is -2.07. The van der Waals surface area contributed by atoms with E-state index in [4.69, 9.17) is 0 Å². The van der Waals surface area contributed by atoms with Gasteiger partial charge in [-0.1, -0.05) is 18.2 Å². The first-order valence-corrected chi connectivity index (χ1v) is 8.04. The zero-order valence-corrected chi connectivity index (χ0v) is 14.2. The first kappa shape index (κ1) is 17.6. The van der Waals surface area contributed by atoms with Crippen LogP contribution in [0.25, 0.3) is 17.3 Å². The number of aromatic nitrogens is 2. The van der Waals surface area contributed by atoms with Crippen molar-refractivity contribution >= 4 is 17.7 Å². The molecule has 0 spiro atoms. The van der Waals surface area contributed by atoms with Crippen molar-refractivity contribution in [2.75, 3.05) is 5.32 Å². The van der Waals surface area contributed by atoms with E-state index in [0.717, 1.165) is 16.8 Å². The number of para-hydroxylation sites is 1. The molecule has 3 aromatic rings. The SMILES string of the molecule is Cn1ncc(C=CC(=O)Nc2ccccc2CO)c1-c1ccc(F)cc1. The van der Waals surface area contributed by atoms with Crippen molar-refractivity contribution in [2.45, 2.75) is 6.61 Å². The molecule has 0 fully saturated rings. The summed E-state index contributed by atoms with van der Waals surface area (Å²) >= 11 is 0. The lowest BCUT2D eigenvalue weighted by Crippen LogP contribution is -2.09. The van der Waals surface area contributed by atoms with Gasteiger partial charge in [-0.2, -0.15) is 5.10 Å². The number of hydrogen-bond donors (Lipinski definition) is 2. The number of benzene rings is 2. The molecule has 0 saturated carbocycles. The Labute approximate surface area is 150 Å². The van der Waals surface area contributed by atoms with E-state index >= 15 is 0 Å². The molecular weight excluding hydrogens is 333 g/mol. The van der Waals surface area contributed by atoms with E-state index in [1.807, 2.05) is 0 Å². The van der Waals surface area contributed by atoms with Crippen molar-refractivity contribution in [1.82, 2.24) is 9.78 Å². The molecule has 0 aliphatic heterocycles. The number of carbonyl (C=O) groups is 1. The van der Waals surface area contributed by atoms with Gasteiger partial charge in [-0.15, -0.1) is 0 Å². The Hall–Kier alpha value is -3.25. The Morgan fingerprint density at radius 2 is 1.96 bits per heavy atom. The number of aryl methyl sites for hydroxylation is 1. The maximum atomic E-state index is 13.1. The van der Waals surface area contributed by atoms with Crippen LogP contribution in [0.5, 0.6) is 0 Å². The summed E-state index contributed by atoms with van der Waals surface area (Å²) in [5.74, 6) is -0.630. The zero-order valence-electron chi connectivity index (χ0n) is 14.2. The third-order valence-electron chi connectivity index (χ3n) is 3.94. The number of aliphatic hydroxyl groups excluding tert-OH is 1. The van der Waals surface area contributed by atoms with Crippen LogP contribution in [-0.2, 0) is 18.4 Å². The van der Waals surface area contributed by atoms with Gasteiger partial charge < -0.3 is 10.4 Å². The van der Waals surface area contributed by atoms with Crippen molar-refractivity contribution in [1.29, 1.82) is 0 Å². The van der Waals surface area contributed by atoms with Gasteiger partial charge in [-0.05, 0) is 36.4 Å². The molecule has 2 N–H and O–H groups in total. The molecule has 0 radical (unpaired) electrons. The van der Waals surface area contributed by atoms with Crippen LogP contribution in [-0.4, -0.2) is 20.8 Å². The molecule has 0 unspecified atom stereocenters. The van der Waals surface area contributed by atoms with Crippen LogP contribution in [0, 0.1) is 5.82 Å². The summed E-state index contributed by atoms with van der Waals surface area (Å²) in [7, 11) is 1.79. The summed E-state index contributed by atoms with van der Waals surface area (Å²) in [5.41, 5.74) is 3.53. The summed E-state index contributed by atoms with van der Waals surface area (Å²) in [6.45, 7) is -0.155. The van der Waals surface area contributed by atoms with E-state index in [1.54, 1.807) is 60.4 Å². The third kappa shape index (κ3) is 3.87. The minimum absolute atomic E-state index is 0.155. The molecule has 0 aliphatic carbocycles. The Balaban J connectivity index is 1.81. The second-order valence-electron chi connectivity index (χ2n) is 5.72. The molecule has 0 atom stereocenters. The number of nitrogens with zero attached hydrogens (tertiary/aromatic N) is 2. The number of hydrogen-bond acceptors (Lipinski definition) is 3. The van der Waals surface area contributed by atoms with Crippen LogP contribution in [0.2, 0.25) is 0 Å². The first-order chi connectivity index (χ1) is 12.6. The predicted octanol–water partition coefficient (Wildman–Crippen LogP) is 3.37. The highest BCUT2D eigenvalue weighted by Crippen LogP contribution is 2.24.